The van der Waals surface area contributed by atoms with Crippen LogP contribution >= 0.6 is 0 Å². The number of hydrogen-bond donors (Lipinski definition) is 2. The summed E-state index contributed by atoms with van der Waals surface area (Å²) in [5, 5.41) is 12.6. The van der Waals surface area contributed by atoms with E-state index in [1.54, 1.807) is 0 Å². The molecule has 6 heteroatoms. The van der Waals surface area contributed by atoms with E-state index in [1.807, 2.05) is 42.2 Å². The standard InChI is InChI=1S/C21H28N4O2/c1-17(19(26)23-21(16-22)10-6-3-7-11-21)24-12-14-25(15-13-24)20(27)18-8-4-2-5-9-18/h2,4-5,8-9,17H,3,6-7,10-15H2,1H3,(H,23,26)/p+1/t17-/m1/s1. The summed E-state index contributed by atoms with van der Waals surface area (Å²) >= 11 is 0. The van der Waals surface area contributed by atoms with Gasteiger partial charge in [0.1, 0.15) is 5.54 Å². The van der Waals surface area contributed by atoms with Gasteiger partial charge in [0.25, 0.3) is 11.8 Å². The summed E-state index contributed by atoms with van der Waals surface area (Å²) in [5.41, 5.74) is 0.0220. The first-order chi connectivity index (χ1) is 13.0. The molecule has 2 amide bonds. The number of hydrogen-bond acceptors (Lipinski definition) is 3. The Morgan fingerprint density at radius 1 is 1.15 bits per heavy atom. The van der Waals surface area contributed by atoms with E-state index in [1.165, 1.54) is 4.90 Å². The van der Waals surface area contributed by atoms with Gasteiger partial charge in [-0.2, -0.15) is 5.26 Å². The van der Waals surface area contributed by atoms with Crippen molar-refractivity contribution < 1.29 is 14.5 Å². The smallest absolute Gasteiger partial charge is 0.279 e. The highest BCUT2D eigenvalue weighted by atomic mass is 16.2. The molecule has 0 aromatic heterocycles. The summed E-state index contributed by atoms with van der Waals surface area (Å²) in [6.45, 7) is 4.70. The van der Waals surface area contributed by atoms with Crippen LogP contribution in [0.3, 0.4) is 0 Å². The topological polar surface area (TPSA) is 77.6 Å². The number of amides is 2. The number of nitrogens with zero attached hydrogens (tertiary/aromatic N) is 2. The van der Waals surface area contributed by atoms with Gasteiger partial charge in [-0.25, -0.2) is 0 Å². The third-order valence-electron chi connectivity index (χ3n) is 6.00. The van der Waals surface area contributed by atoms with Gasteiger partial charge >= 0.3 is 0 Å². The van der Waals surface area contributed by atoms with Gasteiger partial charge in [-0.3, -0.25) is 9.59 Å². The van der Waals surface area contributed by atoms with Gasteiger partial charge in [0.15, 0.2) is 6.04 Å². The van der Waals surface area contributed by atoms with Gasteiger partial charge in [-0.15, -0.1) is 0 Å². The molecule has 6 nitrogen and oxygen atoms in total. The second-order valence-corrected chi connectivity index (χ2v) is 7.78. The Labute approximate surface area is 161 Å². The van der Waals surface area contributed by atoms with Crippen LogP contribution in [0, 0.1) is 11.3 Å². The molecule has 2 N–H and O–H groups in total. The normalized spacial score (nSPS) is 21.1. The fourth-order valence-electron chi connectivity index (χ4n) is 4.14. The van der Waals surface area contributed by atoms with E-state index in [9.17, 15) is 14.9 Å². The van der Waals surface area contributed by atoms with Crippen molar-refractivity contribution in [2.75, 3.05) is 26.2 Å². The molecule has 1 aromatic carbocycles. The molecule has 1 aliphatic heterocycles. The number of quaternary nitrogens is 1. The van der Waals surface area contributed by atoms with Gasteiger partial charge in [-0.05, 0) is 31.9 Å². The number of piperazine rings is 1. The molecule has 2 fully saturated rings. The molecule has 0 radical (unpaired) electrons. The highest BCUT2D eigenvalue weighted by Gasteiger charge is 2.38. The minimum Gasteiger partial charge on any atom is -0.333 e. The van der Waals surface area contributed by atoms with Crippen molar-refractivity contribution in [3.05, 3.63) is 35.9 Å². The zero-order valence-corrected chi connectivity index (χ0v) is 16.0. The zero-order chi connectivity index (χ0) is 19.3. The van der Waals surface area contributed by atoms with Gasteiger partial charge < -0.3 is 15.1 Å². The van der Waals surface area contributed by atoms with Crippen molar-refractivity contribution in [3.8, 4) is 6.07 Å². The molecule has 1 aliphatic carbocycles. The minimum atomic E-state index is -0.686. The zero-order valence-electron chi connectivity index (χ0n) is 16.0. The van der Waals surface area contributed by atoms with Gasteiger partial charge in [0.05, 0.1) is 32.2 Å². The number of nitrogens with one attached hydrogen (secondary N) is 2. The molecule has 2 aliphatic rings. The first kappa shape index (κ1) is 19.4. The van der Waals surface area contributed by atoms with E-state index in [0.717, 1.165) is 45.2 Å². The lowest BCUT2D eigenvalue weighted by molar-refractivity contribution is -0.917. The maximum absolute atomic E-state index is 12.7. The van der Waals surface area contributed by atoms with E-state index in [0.29, 0.717) is 18.7 Å². The molecule has 0 bridgehead atoms. The number of carbonyl (C=O) groups is 2. The molecule has 1 atom stereocenters. The lowest BCUT2D eigenvalue weighted by Crippen LogP contribution is -3.19. The summed E-state index contributed by atoms with van der Waals surface area (Å²) in [5.74, 6) is 0.00804. The summed E-state index contributed by atoms with van der Waals surface area (Å²) in [6.07, 6.45) is 4.62. The van der Waals surface area contributed by atoms with Crippen LogP contribution in [-0.4, -0.2) is 54.5 Å². The van der Waals surface area contributed by atoms with E-state index in [4.69, 9.17) is 0 Å². The average Bonchev–Trinajstić information content (AvgIpc) is 2.74. The predicted octanol–water partition coefficient (Wildman–Crippen LogP) is 0.758. The molecule has 1 saturated carbocycles. The monoisotopic (exact) mass is 369 g/mol. The number of nitriles is 1. The molecule has 0 spiro atoms. The Kier molecular flexibility index (Phi) is 6.12. The van der Waals surface area contributed by atoms with Crippen LogP contribution in [0.1, 0.15) is 49.4 Å². The number of benzene rings is 1. The quantitative estimate of drug-likeness (QED) is 0.823. The largest absolute Gasteiger partial charge is 0.333 e. The number of rotatable bonds is 4. The summed E-state index contributed by atoms with van der Waals surface area (Å²) in [7, 11) is 0. The highest BCUT2D eigenvalue weighted by Crippen LogP contribution is 2.27. The third-order valence-corrected chi connectivity index (χ3v) is 6.00. The number of carbonyl (C=O) groups excluding carboxylic acids is 2. The van der Waals surface area contributed by atoms with Crippen LogP contribution in [0.4, 0.5) is 0 Å². The Morgan fingerprint density at radius 2 is 1.78 bits per heavy atom. The minimum absolute atomic E-state index is 0.0451. The molecule has 1 aromatic rings. The molecule has 3 rings (SSSR count). The van der Waals surface area contributed by atoms with E-state index in [2.05, 4.69) is 11.4 Å². The van der Waals surface area contributed by atoms with Crippen molar-refractivity contribution in [1.82, 2.24) is 10.2 Å². The van der Waals surface area contributed by atoms with Crippen LogP contribution in [0.5, 0.6) is 0 Å². The van der Waals surface area contributed by atoms with Gasteiger partial charge in [0.2, 0.25) is 0 Å². The first-order valence-electron chi connectivity index (χ1n) is 9.97. The Hall–Kier alpha value is -2.39. The molecule has 1 heterocycles. The summed E-state index contributed by atoms with van der Waals surface area (Å²) in [6, 6.07) is 11.5. The van der Waals surface area contributed by atoms with Crippen molar-refractivity contribution in [2.24, 2.45) is 0 Å². The van der Waals surface area contributed by atoms with Crippen LogP contribution in [-0.2, 0) is 4.79 Å². The molecule has 1 saturated heterocycles. The highest BCUT2D eigenvalue weighted by molar-refractivity contribution is 5.94. The SMILES string of the molecule is C[C@H](C(=O)NC1(C#N)CCCCC1)[NH+]1CCN(C(=O)c2ccccc2)CC1. The molecular weight excluding hydrogens is 340 g/mol. The maximum Gasteiger partial charge on any atom is 0.279 e. The van der Waals surface area contributed by atoms with E-state index in [-0.39, 0.29) is 17.9 Å². The van der Waals surface area contributed by atoms with Crippen molar-refractivity contribution in [2.45, 2.75) is 50.6 Å². The van der Waals surface area contributed by atoms with Crippen molar-refractivity contribution >= 4 is 11.8 Å². The predicted molar refractivity (Wildman–Crippen MR) is 102 cm³/mol. The average molecular weight is 369 g/mol. The molecule has 27 heavy (non-hydrogen) atoms. The fraction of sp³-hybridized carbons (Fsp3) is 0.571. The van der Waals surface area contributed by atoms with Crippen LogP contribution in [0.25, 0.3) is 0 Å². The molecule has 0 unspecified atom stereocenters. The lowest BCUT2D eigenvalue weighted by Gasteiger charge is -2.37. The van der Waals surface area contributed by atoms with E-state index < -0.39 is 5.54 Å². The summed E-state index contributed by atoms with van der Waals surface area (Å²) < 4.78 is 0. The third kappa shape index (κ3) is 4.48. The van der Waals surface area contributed by atoms with Gasteiger partial charge in [-0.1, -0.05) is 37.5 Å². The first-order valence-corrected chi connectivity index (χ1v) is 9.97. The van der Waals surface area contributed by atoms with E-state index >= 15 is 0 Å². The Bertz CT molecular complexity index is 699. The summed E-state index contributed by atoms with van der Waals surface area (Å²) in [4.78, 5) is 28.3. The molecule has 144 valence electrons. The van der Waals surface area contributed by atoms with Crippen LogP contribution in [0.2, 0.25) is 0 Å². The van der Waals surface area contributed by atoms with Crippen LogP contribution < -0.4 is 10.2 Å². The van der Waals surface area contributed by atoms with Crippen molar-refractivity contribution in [3.63, 3.8) is 0 Å². The Morgan fingerprint density at radius 3 is 2.37 bits per heavy atom. The maximum atomic E-state index is 12.7. The Balaban J connectivity index is 1.53. The molecular formula is C21H29N4O2+. The fourth-order valence-corrected chi connectivity index (χ4v) is 4.14. The van der Waals surface area contributed by atoms with Gasteiger partial charge in [0, 0.05) is 5.56 Å². The second-order valence-electron chi connectivity index (χ2n) is 7.78. The second kappa shape index (κ2) is 8.53. The lowest BCUT2D eigenvalue weighted by atomic mass is 9.82. The van der Waals surface area contributed by atoms with Crippen LogP contribution in [0.15, 0.2) is 30.3 Å². The van der Waals surface area contributed by atoms with Crippen molar-refractivity contribution in [1.29, 1.82) is 5.26 Å².